The molecule has 0 spiro atoms. The molecule has 0 aliphatic carbocycles. The molecule has 25 heteroatoms. The molecule has 5 rings (SSSR count). The molecule has 0 bridgehead atoms. The van der Waals surface area contributed by atoms with E-state index < -0.39 is 69.3 Å². The molecule has 1 unspecified atom stereocenters. The third kappa shape index (κ3) is 8.95. The van der Waals surface area contributed by atoms with Crippen molar-refractivity contribution in [3.63, 3.8) is 0 Å². The zero-order valence-electron chi connectivity index (χ0n) is 29.7. The second-order valence-corrected chi connectivity index (χ2v) is 14.6. The molecule has 2 aromatic heterocycles. The number of nitrogens with two attached hydrogens (primary N) is 2. The minimum atomic E-state index is -1.82. The zero-order chi connectivity index (χ0) is 40.9. The molecule has 0 aromatic carbocycles. The monoisotopic (exact) mass is 818 g/mol. The van der Waals surface area contributed by atoms with Crippen LogP contribution in [0.1, 0.15) is 30.0 Å². The van der Waals surface area contributed by atoms with E-state index >= 15 is 0 Å². The number of aromatic hydroxyl groups is 1. The molecule has 3 aliphatic rings. The summed E-state index contributed by atoms with van der Waals surface area (Å²) in [6.07, 6.45) is 2.38. The number of nitrogen functional groups attached to an aromatic ring is 1. The van der Waals surface area contributed by atoms with Crippen LogP contribution in [-0.2, 0) is 24.0 Å². The van der Waals surface area contributed by atoms with E-state index in [0.717, 1.165) is 22.3 Å². The number of aliphatic imine (C=N–C) groups is 1. The number of nitrogens with one attached hydrogen (secondary N) is 4. The van der Waals surface area contributed by atoms with Gasteiger partial charge < -0.3 is 63.0 Å². The summed E-state index contributed by atoms with van der Waals surface area (Å²) in [5.41, 5.74) is 8.47. The number of carbonyl (C=O) groups is 5. The lowest BCUT2D eigenvalue weighted by Crippen LogP contribution is -2.71. The van der Waals surface area contributed by atoms with E-state index in [2.05, 4.69) is 36.4 Å². The second kappa shape index (κ2) is 17.0. The van der Waals surface area contributed by atoms with Crippen LogP contribution in [0.3, 0.4) is 0 Å². The molecule has 1 saturated heterocycles. The first-order valence-corrected chi connectivity index (χ1v) is 18.5. The van der Waals surface area contributed by atoms with E-state index in [1.807, 2.05) is 0 Å². The molecule has 2 aromatic rings. The summed E-state index contributed by atoms with van der Waals surface area (Å²) in [4.78, 5) is 91.7. The van der Waals surface area contributed by atoms with Crippen molar-refractivity contribution < 1.29 is 49.3 Å². The molecular weight excluding hydrogens is 781 g/mol. The number of hydrogen-bond acceptors (Lipinski definition) is 19. The summed E-state index contributed by atoms with van der Waals surface area (Å²) in [7, 11) is 0. The summed E-state index contributed by atoms with van der Waals surface area (Å²) in [6, 6.07) is -0.380. The van der Waals surface area contributed by atoms with Crippen molar-refractivity contribution in [1.29, 1.82) is 0 Å². The Hall–Kier alpha value is -6.34. The van der Waals surface area contributed by atoms with Crippen LogP contribution in [0, 0.1) is 0 Å². The molecule has 3 aliphatic heterocycles. The Morgan fingerprint density at radius 3 is 2.55 bits per heavy atom. The van der Waals surface area contributed by atoms with Gasteiger partial charge in [-0.1, -0.05) is 5.16 Å². The van der Waals surface area contributed by atoms with Gasteiger partial charge in [-0.25, -0.2) is 19.6 Å². The fourth-order valence-corrected chi connectivity index (χ4v) is 7.19. The molecule has 12 N–H and O–H groups in total. The Balaban J connectivity index is 1.27. The van der Waals surface area contributed by atoms with Gasteiger partial charge in [0.05, 0.1) is 11.9 Å². The van der Waals surface area contributed by atoms with Gasteiger partial charge in [0.25, 0.3) is 17.7 Å². The highest BCUT2D eigenvalue weighted by molar-refractivity contribution is 8.00. The maximum atomic E-state index is 13.5. The topological polar surface area (TPSA) is 342 Å². The zero-order valence-corrected chi connectivity index (χ0v) is 31.3. The highest BCUT2D eigenvalue weighted by Gasteiger charge is 2.54. The van der Waals surface area contributed by atoms with Gasteiger partial charge in [0.2, 0.25) is 11.0 Å². The predicted octanol–water partition coefficient (Wildman–Crippen LogP) is -2.77. The fourth-order valence-electron chi connectivity index (χ4n) is 5.30. The smallest absolute Gasteiger partial charge is 0.352 e. The van der Waals surface area contributed by atoms with E-state index in [1.54, 1.807) is 11.1 Å². The number of hydrogen-bond donors (Lipinski definition) is 10. The highest BCUT2D eigenvalue weighted by Crippen LogP contribution is 2.40. The Bertz CT molecular complexity index is 2110. The summed E-state index contributed by atoms with van der Waals surface area (Å²) >= 11 is 2.21. The van der Waals surface area contributed by atoms with Gasteiger partial charge in [-0.05, 0) is 19.4 Å². The number of thioether (sulfide) groups is 1. The SMILES string of the molecule is CC(C)(O/N=C(\C(=O)N[C@@H]1C(=O)N2C(C(=O)O)=C(CN3C=C(NCCNC(=O)c4cc(=O)c(O)cn4O)C(NCCN)=NC3)CSC12)c1csc(N)n1)C(=O)O. The molecule has 5 heterocycles. The van der Waals surface area contributed by atoms with Crippen LogP contribution < -0.4 is 38.2 Å². The number of amidine groups is 1. The van der Waals surface area contributed by atoms with E-state index in [0.29, 0.717) is 41.1 Å². The number of aromatic nitrogens is 2. The number of rotatable bonds is 16. The van der Waals surface area contributed by atoms with Crippen molar-refractivity contribution >= 4 is 69.4 Å². The molecule has 56 heavy (non-hydrogen) atoms. The quantitative estimate of drug-likeness (QED) is 0.0269. The van der Waals surface area contributed by atoms with E-state index in [9.17, 15) is 49.3 Å². The van der Waals surface area contributed by atoms with Gasteiger partial charge in [0, 0.05) is 56.1 Å². The van der Waals surface area contributed by atoms with Crippen molar-refractivity contribution in [3.05, 3.63) is 62.4 Å². The third-order valence-electron chi connectivity index (χ3n) is 8.17. The van der Waals surface area contributed by atoms with Gasteiger partial charge in [-0.15, -0.1) is 23.1 Å². The standard InChI is InChI=1S/C31H38N12O11S2/c1-31(2,29(51)52)54-40-20(16-12-56-30(33)38-16)25(47)39-21-26(48)43-22(28(49)50)14(11-55-27(21)43)8-41-9-15(23(37-13-41)35-4-3-32)34-5-6-36-24(46)17-7-18(44)19(45)10-42(17)53/h7,9-10,12,21,27,34,45,53H,3-6,8,11,13,32H2,1-2H3,(H2,33,38)(H,35,37)(H,36,46)(H,39,47)(H,49,50)(H,51,52)/b40-20-/t21-,27?/m1/s1. The number of fused-ring (bicyclic) bond motifs is 1. The lowest BCUT2D eigenvalue weighted by Gasteiger charge is -2.49. The van der Waals surface area contributed by atoms with Gasteiger partial charge in [0.15, 0.2) is 16.6 Å². The average Bonchev–Trinajstić information content (AvgIpc) is 3.58. The third-order valence-corrected chi connectivity index (χ3v) is 10.2. The number of anilines is 1. The number of oxime groups is 1. The number of carboxylic acid groups (broad SMARTS) is 2. The first-order chi connectivity index (χ1) is 26.5. The van der Waals surface area contributed by atoms with Gasteiger partial charge in [0.1, 0.15) is 41.0 Å². The van der Waals surface area contributed by atoms with Gasteiger partial charge >= 0.3 is 11.9 Å². The maximum absolute atomic E-state index is 13.5. The maximum Gasteiger partial charge on any atom is 0.352 e. The summed E-state index contributed by atoms with van der Waals surface area (Å²) in [6.45, 7) is 3.43. The van der Waals surface area contributed by atoms with E-state index in [-0.39, 0.29) is 48.6 Å². The fraction of sp³-hybridized carbons (Fsp3) is 0.387. The Labute approximate surface area is 324 Å². The first kappa shape index (κ1) is 40.8. The van der Waals surface area contributed by atoms with Crippen molar-refractivity contribution in [1.82, 2.24) is 40.8 Å². The van der Waals surface area contributed by atoms with Crippen LogP contribution in [0.15, 0.2) is 55.8 Å². The first-order valence-electron chi connectivity index (χ1n) is 16.6. The lowest BCUT2D eigenvalue weighted by molar-refractivity contribution is -0.161. The number of pyridine rings is 1. The van der Waals surface area contributed by atoms with Crippen LogP contribution in [0.2, 0.25) is 0 Å². The van der Waals surface area contributed by atoms with Crippen LogP contribution in [0.4, 0.5) is 5.13 Å². The van der Waals surface area contributed by atoms with Crippen LogP contribution in [0.5, 0.6) is 5.75 Å². The molecule has 23 nitrogen and oxygen atoms in total. The van der Waals surface area contributed by atoms with Gasteiger partial charge in [-0.3, -0.25) is 24.1 Å². The number of β-lactam (4-membered cyclic amide) rings is 1. The number of amides is 3. The number of carbonyl (C=O) groups excluding carboxylic acids is 3. The van der Waals surface area contributed by atoms with E-state index in [4.69, 9.17) is 16.3 Å². The van der Waals surface area contributed by atoms with E-state index in [1.165, 1.54) is 31.0 Å². The highest BCUT2D eigenvalue weighted by atomic mass is 32.2. The number of aliphatic carboxylic acids is 2. The molecule has 0 saturated carbocycles. The van der Waals surface area contributed by atoms with Crippen molar-refractivity contribution in [3.8, 4) is 5.75 Å². The Morgan fingerprint density at radius 1 is 1.14 bits per heavy atom. The molecule has 2 atom stereocenters. The lowest BCUT2D eigenvalue weighted by atomic mass is 10.0. The molecule has 1 fully saturated rings. The second-order valence-electron chi connectivity index (χ2n) is 12.6. The average molecular weight is 819 g/mol. The van der Waals surface area contributed by atoms with Crippen LogP contribution in [0.25, 0.3) is 0 Å². The summed E-state index contributed by atoms with van der Waals surface area (Å²) in [5, 5.41) is 54.7. The molecule has 300 valence electrons. The van der Waals surface area contributed by atoms with Crippen LogP contribution >= 0.6 is 23.1 Å². The Morgan fingerprint density at radius 2 is 1.89 bits per heavy atom. The Kier molecular flexibility index (Phi) is 12.4. The normalized spacial score (nSPS) is 18.3. The summed E-state index contributed by atoms with van der Waals surface area (Å²) < 4.78 is 0.327. The largest absolute Gasteiger partial charge is 0.503 e. The van der Waals surface area contributed by atoms with Crippen molar-refractivity contribution in [2.75, 3.05) is 50.9 Å². The number of carboxylic acids is 2. The summed E-state index contributed by atoms with van der Waals surface area (Å²) in [5.74, 6) is -5.25. The van der Waals surface area contributed by atoms with Crippen molar-refractivity contribution in [2.24, 2.45) is 15.9 Å². The van der Waals surface area contributed by atoms with Crippen molar-refractivity contribution in [2.45, 2.75) is 30.9 Å². The number of nitrogens with zero attached hydrogens (tertiary/aromatic N) is 6. The predicted molar refractivity (Wildman–Crippen MR) is 200 cm³/mol. The van der Waals surface area contributed by atoms with Crippen LogP contribution in [-0.4, -0.2) is 143 Å². The molecular formula is C31H38N12O11S2. The number of thiazole rings is 1. The molecule has 3 amide bonds. The minimum absolute atomic E-state index is 0.0229. The van der Waals surface area contributed by atoms with Gasteiger partial charge in [-0.2, -0.15) is 4.73 Å². The minimum Gasteiger partial charge on any atom is -0.503 e. The molecule has 0 radical (unpaired) electrons.